The van der Waals surface area contributed by atoms with Crippen molar-refractivity contribution in [2.24, 2.45) is 28.6 Å². The van der Waals surface area contributed by atoms with E-state index < -0.39 is 45.9 Å². The van der Waals surface area contributed by atoms with E-state index in [0.717, 1.165) is 5.56 Å². The number of ketones is 1. The summed E-state index contributed by atoms with van der Waals surface area (Å²) in [6, 6.07) is 7.35. The molecule has 3 N–H and O–H groups in total. The van der Waals surface area contributed by atoms with E-state index in [1.165, 1.54) is 12.2 Å². The smallest absolute Gasteiger partial charge is 0.253 e. The molecule has 6 nitrogen and oxygen atoms in total. The lowest BCUT2D eigenvalue weighted by Crippen LogP contribution is -2.70. The fraction of sp³-hybridized carbons (Fsp3) is 0.586. The van der Waals surface area contributed by atoms with Gasteiger partial charge in [0.05, 0.1) is 13.2 Å². The Morgan fingerprint density at radius 3 is 2.75 bits per heavy atom. The van der Waals surface area contributed by atoms with Crippen LogP contribution < -0.4 is 10.1 Å². The van der Waals surface area contributed by atoms with Gasteiger partial charge in [-0.3, -0.25) is 9.59 Å². The molecule has 3 saturated carbocycles. The Morgan fingerprint density at radius 2 is 2.03 bits per heavy atom. The van der Waals surface area contributed by atoms with E-state index in [4.69, 9.17) is 4.74 Å². The molecule has 7 heteroatoms. The van der Waals surface area contributed by atoms with Crippen molar-refractivity contribution in [2.75, 3.05) is 7.11 Å². The van der Waals surface area contributed by atoms with E-state index in [9.17, 15) is 19.8 Å². The molecule has 194 valence electrons. The lowest BCUT2D eigenvalue weighted by atomic mass is 9.44. The molecular formula is C29H36FNO5. The minimum absolute atomic E-state index is 0.0389. The second-order valence-electron chi connectivity index (χ2n) is 11.7. The second kappa shape index (κ2) is 8.25. The molecule has 0 aliphatic heterocycles. The SMILES string of the molecule is COc1cccc(CNC(=O)C2(O)C(C)CC3C4CCC5=CC(=O)C=CC5(C)C4(F)C(O)CC32C)c1. The molecule has 0 heterocycles. The van der Waals surface area contributed by atoms with Gasteiger partial charge in [0.2, 0.25) is 0 Å². The maximum atomic E-state index is 17.2. The highest BCUT2D eigenvalue weighted by Gasteiger charge is 2.75. The van der Waals surface area contributed by atoms with Gasteiger partial charge in [-0.2, -0.15) is 0 Å². The number of ether oxygens (including phenoxy) is 1. The van der Waals surface area contributed by atoms with E-state index in [-0.39, 0.29) is 24.7 Å². The van der Waals surface area contributed by atoms with Gasteiger partial charge in [-0.05, 0) is 74.3 Å². The molecular weight excluding hydrogens is 461 g/mol. The number of methoxy groups -OCH3 is 1. The van der Waals surface area contributed by atoms with Crippen LogP contribution in [-0.2, 0) is 16.1 Å². The molecule has 8 unspecified atom stereocenters. The van der Waals surface area contributed by atoms with Gasteiger partial charge in [0.25, 0.3) is 5.91 Å². The largest absolute Gasteiger partial charge is 0.497 e. The zero-order valence-corrected chi connectivity index (χ0v) is 21.4. The predicted molar refractivity (Wildman–Crippen MR) is 133 cm³/mol. The van der Waals surface area contributed by atoms with Crippen LogP contribution in [0.15, 0.2) is 48.1 Å². The van der Waals surface area contributed by atoms with Gasteiger partial charge in [0, 0.05) is 23.3 Å². The summed E-state index contributed by atoms with van der Waals surface area (Å²) in [5, 5.41) is 26.4. The standard InChI is InChI=1S/C29H36FNO5/c1-17-12-23-22-9-8-19-14-20(32)10-11-26(19,2)28(22,30)24(33)15-27(23,3)29(17,35)25(34)31-16-18-6-5-7-21(13-18)36-4/h5-7,10-11,13-14,17,22-24,33,35H,8-9,12,15-16H2,1-4H3,(H,31,34). The fourth-order valence-corrected chi connectivity index (χ4v) is 8.13. The Morgan fingerprint density at radius 1 is 1.28 bits per heavy atom. The predicted octanol–water partition coefficient (Wildman–Crippen LogP) is 3.66. The van der Waals surface area contributed by atoms with Crippen LogP contribution in [0.25, 0.3) is 0 Å². The fourth-order valence-electron chi connectivity index (χ4n) is 8.13. The van der Waals surface area contributed by atoms with Crippen molar-refractivity contribution < 1.29 is 28.9 Å². The lowest BCUT2D eigenvalue weighted by molar-refractivity contribution is -0.219. The Bertz CT molecular complexity index is 1160. The maximum Gasteiger partial charge on any atom is 0.253 e. The number of carbonyl (C=O) groups excluding carboxylic acids is 2. The zero-order valence-electron chi connectivity index (χ0n) is 21.4. The number of aliphatic hydroxyl groups is 2. The van der Waals surface area contributed by atoms with Crippen molar-refractivity contribution >= 4 is 11.7 Å². The maximum absolute atomic E-state index is 17.2. The van der Waals surface area contributed by atoms with E-state index in [1.807, 2.05) is 38.1 Å². The first-order chi connectivity index (χ1) is 16.9. The zero-order chi connectivity index (χ0) is 26.1. The van der Waals surface area contributed by atoms with Crippen LogP contribution in [0.1, 0.15) is 52.0 Å². The number of carbonyl (C=O) groups is 2. The van der Waals surface area contributed by atoms with Gasteiger partial charge >= 0.3 is 0 Å². The molecule has 1 amide bonds. The summed E-state index contributed by atoms with van der Waals surface area (Å²) in [7, 11) is 1.58. The molecule has 0 bridgehead atoms. The van der Waals surface area contributed by atoms with Crippen LogP contribution in [0.2, 0.25) is 0 Å². The van der Waals surface area contributed by atoms with Crippen molar-refractivity contribution in [3.8, 4) is 5.75 Å². The number of aliphatic hydroxyl groups excluding tert-OH is 1. The molecule has 0 aromatic heterocycles. The number of benzene rings is 1. The van der Waals surface area contributed by atoms with Crippen LogP contribution >= 0.6 is 0 Å². The third-order valence-corrected chi connectivity index (χ3v) is 10.2. The Hall–Kier alpha value is -2.51. The molecule has 8 atom stereocenters. The number of allylic oxidation sites excluding steroid dienone is 4. The molecule has 0 spiro atoms. The van der Waals surface area contributed by atoms with Crippen molar-refractivity contribution in [1.29, 1.82) is 0 Å². The molecule has 4 aliphatic carbocycles. The number of rotatable bonds is 4. The third kappa shape index (κ3) is 3.14. The van der Waals surface area contributed by atoms with Crippen molar-refractivity contribution in [2.45, 2.75) is 70.4 Å². The Kier molecular flexibility index (Phi) is 5.76. The Balaban J connectivity index is 1.46. The van der Waals surface area contributed by atoms with E-state index in [0.29, 0.717) is 30.6 Å². The molecule has 1 aromatic rings. The van der Waals surface area contributed by atoms with Crippen LogP contribution in [0.3, 0.4) is 0 Å². The minimum atomic E-state index is -1.99. The quantitative estimate of drug-likeness (QED) is 0.590. The summed E-state index contributed by atoms with van der Waals surface area (Å²) in [6.07, 6.45) is 4.60. The van der Waals surface area contributed by atoms with Gasteiger partial charge in [0.15, 0.2) is 17.1 Å². The molecule has 3 fully saturated rings. The van der Waals surface area contributed by atoms with E-state index in [1.54, 1.807) is 20.1 Å². The molecule has 0 saturated heterocycles. The van der Waals surface area contributed by atoms with Gasteiger partial charge in [-0.1, -0.05) is 37.6 Å². The van der Waals surface area contributed by atoms with Crippen LogP contribution in [0, 0.1) is 28.6 Å². The first kappa shape index (κ1) is 25.2. The average Bonchev–Trinajstić information content (AvgIpc) is 3.05. The van der Waals surface area contributed by atoms with Gasteiger partial charge < -0.3 is 20.3 Å². The van der Waals surface area contributed by atoms with E-state index in [2.05, 4.69) is 5.32 Å². The number of hydrogen-bond donors (Lipinski definition) is 3. The highest BCUT2D eigenvalue weighted by Crippen LogP contribution is 2.70. The summed E-state index contributed by atoms with van der Waals surface area (Å²) in [5.41, 5.74) is -4.29. The normalized spacial score (nSPS) is 43.2. The molecule has 0 radical (unpaired) electrons. The summed E-state index contributed by atoms with van der Waals surface area (Å²) in [4.78, 5) is 25.6. The molecule has 36 heavy (non-hydrogen) atoms. The van der Waals surface area contributed by atoms with Crippen molar-refractivity contribution in [1.82, 2.24) is 5.32 Å². The Labute approximate surface area is 211 Å². The average molecular weight is 498 g/mol. The van der Waals surface area contributed by atoms with Gasteiger partial charge in [-0.25, -0.2) is 4.39 Å². The number of hydrogen-bond acceptors (Lipinski definition) is 5. The molecule has 1 aromatic carbocycles. The molecule has 4 aliphatic rings. The topological polar surface area (TPSA) is 95.9 Å². The summed E-state index contributed by atoms with van der Waals surface area (Å²) >= 11 is 0. The second-order valence-corrected chi connectivity index (χ2v) is 11.7. The first-order valence-electron chi connectivity index (χ1n) is 12.9. The number of alkyl halides is 1. The highest BCUT2D eigenvalue weighted by molar-refractivity contribution is 6.01. The summed E-state index contributed by atoms with van der Waals surface area (Å²) < 4.78 is 22.5. The number of amides is 1. The number of nitrogens with one attached hydrogen (secondary N) is 1. The third-order valence-electron chi connectivity index (χ3n) is 10.2. The van der Waals surface area contributed by atoms with Gasteiger partial charge in [-0.15, -0.1) is 0 Å². The van der Waals surface area contributed by atoms with Crippen molar-refractivity contribution in [3.63, 3.8) is 0 Å². The molecule has 5 rings (SSSR count). The first-order valence-corrected chi connectivity index (χ1v) is 12.9. The van der Waals surface area contributed by atoms with Crippen molar-refractivity contribution in [3.05, 3.63) is 53.6 Å². The van der Waals surface area contributed by atoms with Crippen LogP contribution in [0.5, 0.6) is 5.75 Å². The number of fused-ring (bicyclic) bond motifs is 5. The number of halogens is 1. The highest BCUT2D eigenvalue weighted by atomic mass is 19.1. The monoisotopic (exact) mass is 497 g/mol. The van der Waals surface area contributed by atoms with Crippen LogP contribution in [0.4, 0.5) is 4.39 Å². The van der Waals surface area contributed by atoms with E-state index >= 15 is 4.39 Å². The lowest BCUT2D eigenvalue weighted by Gasteiger charge is -2.62. The van der Waals surface area contributed by atoms with Crippen LogP contribution in [-0.4, -0.2) is 46.4 Å². The summed E-state index contributed by atoms with van der Waals surface area (Å²) in [5.74, 6) is -1.23. The van der Waals surface area contributed by atoms with Gasteiger partial charge in [0.1, 0.15) is 5.75 Å². The minimum Gasteiger partial charge on any atom is -0.497 e. The summed E-state index contributed by atoms with van der Waals surface area (Å²) in [6.45, 7) is 5.67.